The Labute approximate surface area is 165 Å². The second-order valence-corrected chi connectivity index (χ2v) is 5.95. The molecule has 0 amide bonds. The van der Waals surface area contributed by atoms with Crippen LogP contribution in [0.15, 0.2) is 30.3 Å². The summed E-state index contributed by atoms with van der Waals surface area (Å²) in [6.45, 7) is 2.48. The maximum Gasteiger partial charge on any atom is 0.433 e. The molecule has 0 N–H and O–H groups in total. The van der Waals surface area contributed by atoms with Gasteiger partial charge in [-0.15, -0.1) is 0 Å². The second-order valence-electron chi connectivity index (χ2n) is 5.95. The molecule has 160 valence electrons. The first-order chi connectivity index (χ1) is 13.8. The lowest BCUT2D eigenvalue weighted by molar-refractivity contribution is -0.195. The van der Waals surface area contributed by atoms with E-state index in [4.69, 9.17) is 9.47 Å². The summed E-state index contributed by atoms with van der Waals surface area (Å²) in [5.41, 5.74) is 0. The molecule has 29 heavy (non-hydrogen) atoms. The molecule has 0 saturated heterocycles. The smallest absolute Gasteiger partial charge is 0.433 e. The van der Waals surface area contributed by atoms with E-state index in [9.17, 15) is 22.0 Å². The van der Waals surface area contributed by atoms with Crippen LogP contribution in [0.5, 0.6) is 23.0 Å². The highest BCUT2D eigenvalue weighted by atomic mass is 19.3. The van der Waals surface area contributed by atoms with Gasteiger partial charge in [-0.05, 0) is 37.6 Å². The highest BCUT2D eigenvalue weighted by Gasteiger charge is 2.34. The molecule has 0 atom stereocenters. The van der Waals surface area contributed by atoms with Crippen molar-refractivity contribution in [2.75, 3.05) is 19.8 Å². The zero-order chi connectivity index (χ0) is 21.4. The van der Waals surface area contributed by atoms with Gasteiger partial charge in [-0.3, -0.25) is 0 Å². The van der Waals surface area contributed by atoms with Crippen molar-refractivity contribution in [3.8, 4) is 23.0 Å². The number of benzene rings is 2. The van der Waals surface area contributed by atoms with Gasteiger partial charge in [0.05, 0.1) is 13.2 Å². The Morgan fingerprint density at radius 2 is 1.45 bits per heavy atom. The van der Waals surface area contributed by atoms with Gasteiger partial charge in [0.1, 0.15) is 5.75 Å². The molecular weight excluding hydrogens is 399 g/mol. The zero-order valence-corrected chi connectivity index (χ0v) is 15.9. The molecule has 0 aliphatic carbocycles. The van der Waals surface area contributed by atoms with E-state index in [1.54, 1.807) is 6.92 Å². The summed E-state index contributed by atoms with van der Waals surface area (Å²) in [7, 11) is 0. The minimum absolute atomic E-state index is 0.0858. The van der Waals surface area contributed by atoms with Crippen molar-refractivity contribution >= 4 is 0 Å². The molecule has 2 aromatic carbocycles. The Morgan fingerprint density at radius 1 is 0.828 bits per heavy atom. The average molecular weight is 420 g/mol. The van der Waals surface area contributed by atoms with E-state index in [-0.39, 0.29) is 18.1 Å². The summed E-state index contributed by atoms with van der Waals surface area (Å²) in [6.07, 6.45) is -2.36. The molecule has 0 unspecified atom stereocenters. The lowest BCUT2D eigenvalue weighted by atomic mass is 10.3. The van der Waals surface area contributed by atoms with Crippen molar-refractivity contribution < 1.29 is 40.9 Å². The van der Waals surface area contributed by atoms with Crippen LogP contribution in [-0.4, -0.2) is 25.9 Å². The van der Waals surface area contributed by atoms with Crippen LogP contribution < -0.4 is 18.9 Å². The fourth-order valence-corrected chi connectivity index (χ4v) is 2.24. The van der Waals surface area contributed by atoms with E-state index in [0.717, 1.165) is 37.1 Å². The van der Waals surface area contributed by atoms with Gasteiger partial charge in [-0.25, -0.2) is 4.39 Å². The topological polar surface area (TPSA) is 36.9 Å². The van der Waals surface area contributed by atoms with Crippen LogP contribution in [0.2, 0.25) is 0 Å². The third-order valence-corrected chi connectivity index (χ3v) is 3.63. The molecule has 0 aromatic heterocycles. The van der Waals surface area contributed by atoms with Crippen molar-refractivity contribution in [3.05, 3.63) is 47.8 Å². The Morgan fingerprint density at radius 3 is 2.03 bits per heavy atom. The predicted octanol–water partition coefficient (Wildman–Crippen LogP) is 5.73. The van der Waals surface area contributed by atoms with Crippen LogP contribution in [0.4, 0.5) is 22.0 Å². The van der Waals surface area contributed by atoms with Crippen molar-refractivity contribution in [1.29, 1.82) is 0 Å². The SMILES string of the molecule is CCCCOc1ccc(OC(F)(F)COc2ccc(OCC)c(F)c2F)cc1F. The maximum atomic E-state index is 14.0. The largest absolute Gasteiger partial charge is 0.491 e. The molecule has 0 aliphatic rings. The monoisotopic (exact) mass is 420 g/mol. The predicted molar refractivity (Wildman–Crippen MR) is 95.4 cm³/mol. The van der Waals surface area contributed by atoms with Gasteiger partial charge < -0.3 is 18.9 Å². The lowest BCUT2D eigenvalue weighted by Gasteiger charge is -2.19. The minimum atomic E-state index is -3.93. The molecule has 4 nitrogen and oxygen atoms in total. The van der Waals surface area contributed by atoms with Crippen molar-refractivity contribution in [3.63, 3.8) is 0 Å². The van der Waals surface area contributed by atoms with Crippen LogP contribution >= 0.6 is 0 Å². The number of unbranched alkanes of at least 4 members (excludes halogenated alkanes) is 1. The normalized spacial score (nSPS) is 11.3. The van der Waals surface area contributed by atoms with Crippen LogP contribution in [0, 0.1) is 17.5 Å². The van der Waals surface area contributed by atoms with Gasteiger partial charge in [0.2, 0.25) is 11.6 Å². The lowest BCUT2D eigenvalue weighted by Crippen LogP contribution is -2.32. The Balaban J connectivity index is 2.00. The van der Waals surface area contributed by atoms with E-state index in [1.165, 1.54) is 6.07 Å². The van der Waals surface area contributed by atoms with E-state index in [2.05, 4.69) is 9.47 Å². The Hall–Kier alpha value is -2.71. The summed E-state index contributed by atoms with van der Waals surface area (Å²) < 4.78 is 88.6. The first-order valence-electron chi connectivity index (χ1n) is 9.00. The number of rotatable bonds is 11. The second kappa shape index (κ2) is 10.2. The molecule has 0 radical (unpaired) electrons. The molecule has 9 heteroatoms. The first kappa shape index (κ1) is 22.6. The molecule has 0 bridgehead atoms. The van der Waals surface area contributed by atoms with Crippen LogP contribution in [-0.2, 0) is 0 Å². The van der Waals surface area contributed by atoms with Crippen molar-refractivity contribution in [1.82, 2.24) is 0 Å². The Bertz CT molecular complexity index is 814. The van der Waals surface area contributed by atoms with Gasteiger partial charge in [-0.1, -0.05) is 13.3 Å². The summed E-state index contributed by atoms with van der Waals surface area (Å²) in [4.78, 5) is 0. The Kier molecular flexibility index (Phi) is 7.92. The number of halogens is 5. The maximum absolute atomic E-state index is 14.0. The average Bonchev–Trinajstić information content (AvgIpc) is 2.66. The van der Waals surface area contributed by atoms with E-state index >= 15 is 0 Å². The summed E-state index contributed by atoms with van der Waals surface area (Å²) >= 11 is 0. The van der Waals surface area contributed by atoms with E-state index < -0.39 is 41.7 Å². The first-order valence-corrected chi connectivity index (χ1v) is 9.00. The van der Waals surface area contributed by atoms with Crippen LogP contribution in [0.25, 0.3) is 0 Å². The zero-order valence-electron chi connectivity index (χ0n) is 15.9. The van der Waals surface area contributed by atoms with Crippen LogP contribution in [0.1, 0.15) is 26.7 Å². The van der Waals surface area contributed by atoms with Gasteiger partial charge >= 0.3 is 6.11 Å². The third kappa shape index (κ3) is 6.40. The number of hydrogen-bond donors (Lipinski definition) is 0. The molecular formula is C20H21F5O4. The number of ether oxygens (including phenoxy) is 4. The molecule has 0 fully saturated rings. The standard InChI is InChI=1S/C20H21F5O4/c1-3-5-10-27-15-7-6-13(11-14(15)21)29-20(24,25)12-28-17-9-8-16(26-4-2)18(22)19(17)23/h6-9,11H,3-5,10,12H2,1-2H3. The van der Waals surface area contributed by atoms with Crippen LogP contribution in [0.3, 0.4) is 0 Å². The highest BCUT2D eigenvalue weighted by molar-refractivity contribution is 5.35. The van der Waals surface area contributed by atoms with Crippen molar-refractivity contribution in [2.45, 2.75) is 32.8 Å². The summed E-state index contributed by atoms with van der Waals surface area (Å²) in [6, 6.07) is 5.03. The van der Waals surface area contributed by atoms with Gasteiger partial charge in [0.15, 0.2) is 29.7 Å². The summed E-state index contributed by atoms with van der Waals surface area (Å²) in [5.74, 6) is -5.35. The minimum Gasteiger partial charge on any atom is -0.491 e. The van der Waals surface area contributed by atoms with Crippen molar-refractivity contribution in [2.24, 2.45) is 0 Å². The fourth-order valence-electron chi connectivity index (χ4n) is 2.24. The highest BCUT2D eigenvalue weighted by Crippen LogP contribution is 2.30. The molecule has 0 aliphatic heterocycles. The van der Waals surface area contributed by atoms with E-state index in [0.29, 0.717) is 6.61 Å². The molecule has 0 spiro atoms. The molecule has 0 saturated carbocycles. The van der Waals surface area contributed by atoms with E-state index in [1.807, 2.05) is 6.92 Å². The van der Waals surface area contributed by atoms with Gasteiger partial charge in [0, 0.05) is 6.07 Å². The number of hydrogen-bond acceptors (Lipinski definition) is 4. The molecule has 2 rings (SSSR count). The third-order valence-electron chi connectivity index (χ3n) is 3.63. The van der Waals surface area contributed by atoms with Gasteiger partial charge in [-0.2, -0.15) is 17.6 Å². The summed E-state index contributed by atoms with van der Waals surface area (Å²) in [5, 5.41) is 0. The molecule has 2 aromatic rings. The van der Waals surface area contributed by atoms with Gasteiger partial charge in [0.25, 0.3) is 0 Å². The fraction of sp³-hybridized carbons (Fsp3) is 0.400. The quantitative estimate of drug-likeness (QED) is 0.344. The number of alkyl halides is 2. The molecule has 0 heterocycles.